The van der Waals surface area contributed by atoms with Gasteiger partial charge in [-0.2, -0.15) is 8.78 Å². The van der Waals surface area contributed by atoms with E-state index in [1.54, 1.807) is 4.90 Å². The van der Waals surface area contributed by atoms with Gasteiger partial charge in [0.25, 0.3) is 0 Å². The third kappa shape index (κ3) is 8.71. The van der Waals surface area contributed by atoms with Gasteiger partial charge in [0.05, 0.1) is 55.8 Å². The number of aromatic nitrogens is 4. The van der Waals surface area contributed by atoms with Gasteiger partial charge in [-0.05, 0) is 91.3 Å². The Morgan fingerprint density at radius 3 is 2.39 bits per heavy atom. The Bertz CT molecular complexity index is 2530. The van der Waals surface area contributed by atoms with Crippen molar-refractivity contribution in [2.75, 3.05) is 27.4 Å². The number of carbonyl (C=O) groups excluding carboxylic acids is 3. The van der Waals surface area contributed by atoms with Crippen molar-refractivity contribution in [3.05, 3.63) is 65.9 Å². The molecule has 3 aliphatic heterocycles. The van der Waals surface area contributed by atoms with E-state index in [0.717, 1.165) is 68.7 Å². The number of alkyl halides is 2. The largest absolute Gasteiger partial charge is 0.488 e. The summed E-state index contributed by atoms with van der Waals surface area (Å²) in [5, 5.41) is 7.54. The number of fused-ring (bicyclic) bond motifs is 6. The van der Waals surface area contributed by atoms with Crippen LogP contribution in [0.25, 0.3) is 44.2 Å². The molecule has 0 bridgehead atoms. The first-order valence-corrected chi connectivity index (χ1v) is 22.1. The van der Waals surface area contributed by atoms with Crippen molar-refractivity contribution in [3.63, 3.8) is 0 Å². The first kappa shape index (κ1) is 44.8. The van der Waals surface area contributed by atoms with Gasteiger partial charge in [-0.25, -0.2) is 19.6 Å². The highest BCUT2D eigenvalue weighted by atomic mass is 19.3. The summed E-state index contributed by atoms with van der Waals surface area (Å²) in [7, 11) is 2.62. The molecule has 8 rings (SSSR count). The van der Waals surface area contributed by atoms with E-state index in [2.05, 4.69) is 82.2 Å². The maximum Gasteiger partial charge on any atom is 0.407 e. The summed E-state index contributed by atoms with van der Waals surface area (Å²) in [6.45, 7) is 9.58. The van der Waals surface area contributed by atoms with E-state index in [1.807, 2.05) is 38.2 Å². The molecule has 0 radical (unpaired) electrons. The zero-order valence-electron chi connectivity index (χ0n) is 37.5. The van der Waals surface area contributed by atoms with E-state index in [0.29, 0.717) is 30.4 Å². The van der Waals surface area contributed by atoms with Crippen molar-refractivity contribution in [1.29, 1.82) is 0 Å². The van der Waals surface area contributed by atoms with E-state index in [4.69, 9.17) is 24.2 Å². The van der Waals surface area contributed by atoms with Gasteiger partial charge in [-0.15, -0.1) is 0 Å². The van der Waals surface area contributed by atoms with Crippen LogP contribution in [0.15, 0.2) is 48.7 Å². The summed E-state index contributed by atoms with van der Waals surface area (Å²) >= 11 is 0. The molecule has 3 amide bonds. The fraction of sp³-hybridized carbons (Fsp3) is 0.511. The summed E-state index contributed by atoms with van der Waals surface area (Å²) in [5.41, 5.74) is 6.41. The minimum atomic E-state index is -2.94. The number of carbonyl (C=O) groups is 3. The maximum atomic E-state index is 14.1. The van der Waals surface area contributed by atoms with Crippen LogP contribution < -0.4 is 15.4 Å². The number of nitrogens with zero attached hydrogens (tertiary/aromatic N) is 4. The zero-order chi connectivity index (χ0) is 45.6. The molecule has 2 fully saturated rings. The van der Waals surface area contributed by atoms with E-state index in [-0.39, 0.29) is 54.9 Å². The molecule has 17 heteroatoms. The SMILES string of the molecule is COC(=O)N[C@@H](C(C)C)C(C)N1[C@@H](C)CC[C@H]1c1ncc(-c2ccc3c(c2)COc2cc4c(ccc5nc([C@@H]6C[C@H](COC(F)F)CN6C(=O)[C@@H](NC(=O)OC)C(C)C)[nH]c54)cc2-3)[nH]1. The Labute approximate surface area is 370 Å². The number of benzene rings is 3. The maximum absolute atomic E-state index is 14.1. The van der Waals surface area contributed by atoms with Gasteiger partial charge in [0, 0.05) is 41.5 Å². The third-order valence-electron chi connectivity index (χ3n) is 13.3. The summed E-state index contributed by atoms with van der Waals surface area (Å²) in [6, 6.07) is 13.3. The molecule has 7 atom stereocenters. The average molecular weight is 885 g/mol. The molecule has 5 heterocycles. The lowest BCUT2D eigenvalue weighted by Crippen LogP contribution is -2.54. The summed E-state index contributed by atoms with van der Waals surface area (Å²) in [6.07, 6.45) is 3.03. The highest BCUT2D eigenvalue weighted by Crippen LogP contribution is 2.44. The summed E-state index contributed by atoms with van der Waals surface area (Å²) in [5.74, 6) is 1.30. The van der Waals surface area contributed by atoms with E-state index < -0.39 is 30.9 Å². The van der Waals surface area contributed by atoms with Crippen molar-refractivity contribution >= 4 is 39.9 Å². The van der Waals surface area contributed by atoms with Gasteiger partial charge >= 0.3 is 18.8 Å². The van der Waals surface area contributed by atoms with Crippen LogP contribution in [-0.2, 0) is 25.6 Å². The molecule has 4 N–H and O–H groups in total. The molecule has 0 spiro atoms. The molecule has 2 saturated heterocycles. The van der Waals surface area contributed by atoms with E-state index in [9.17, 15) is 23.2 Å². The average Bonchev–Trinajstić information content (AvgIpc) is 4.10. The third-order valence-corrected chi connectivity index (χ3v) is 13.3. The quantitative estimate of drug-likeness (QED) is 0.0898. The number of imidazole rings is 2. The van der Waals surface area contributed by atoms with Crippen LogP contribution in [0.5, 0.6) is 5.75 Å². The number of halogens is 2. The second-order valence-corrected chi connectivity index (χ2v) is 18.1. The second kappa shape index (κ2) is 18.4. The Balaban J connectivity index is 1.05. The lowest BCUT2D eigenvalue weighted by Gasteiger charge is -2.39. The number of amides is 3. The van der Waals surface area contributed by atoms with Gasteiger partial charge in [-0.1, -0.05) is 45.9 Å². The molecule has 1 unspecified atom stereocenters. The Morgan fingerprint density at radius 2 is 1.67 bits per heavy atom. The van der Waals surface area contributed by atoms with Crippen LogP contribution in [-0.4, -0.2) is 106 Å². The standard InChI is InChI=1S/C47H58F2N8O7/c1-23(2)39(54-46(59)61-7)26(6)57-25(5)9-14-36(57)42-50-19-35(52-42)29-10-12-31-30(16-29)22-63-38-18-32-28(17-33(31)38)11-13-34-41(32)53-43(51-34)37-15-27(21-64-45(48)49)20-56(37)44(58)40(24(3)4)55-47(60)62-8/h10-13,16-19,23-27,36-37,39-40,45H,9,14-15,20-22H2,1-8H3,(H,50,52)(H,51,53)(H,54,59)(H,55,60)/t25-,26?,27-,36-,37-,39-,40-/m0/s1. The second-order valence-electron chi connectivity index (χ2n) is 18.1. The van der Waals surface area contributed by atoms with Crippen molar-refractivity contribution in [2.45, 2.75) is 110 Å². The minimum Gasteiger partial charge on any atom is -0.488 e. The number of rotatable bonds is 13. The Morgan fingerprint density at radius 1 is 0.906 bits per heavy atom. The number of likely N-dealkylation sites (tertiary alicyclic amines) is 2. The van der Waals surface area contributed by atoms with Crippen molar-refractivity contribution in [2.24, 2.45) is 17.8 Å². The number of nitrogens with one attached hydrogen (secondary N) is 4. The minimum absolute atomic E-state index is 0.0444. The first-order chi connectivity index (χ1) is 30.6. The van der Waals surface area contributed by atoms with Gasteiger partial charge in [0.1, 0.15) is 30.0 Å². The Kier molecular flexibility index (Phi) is 12.8. The number of alkyl carbamates (subject to hydrolysis) is 2. The van der Waals surface area contributed by atoms with Crippen molar-refractivity contribution < 1.29 is 42.1 Å². The van der Waals surface area contributed by atoms with Gasteiger partial charge in [0.2, 0.25) is 5.91 Å². The first-order valence-electron chi connectivity index (χ1n) is 22.1. The molecule has 15 nitrogen and oxygen atoms in total. The van der Waals surface area contributed by atoms with Crippen LogP contribution >= 0.6 is 0 Å². The van der Waals surface area contributed by atoms with Crippen LogP contribution in [0.2, 0.25) is 0 Å². The smallest absolute Gasteiger partial charge is 0.407 e. The van der Waals surface area contributed by atoms with E-state index in [1.165, 1.54) is 14.2 Å². The molecular formula is C47H58F2N8O7. The summed E-state index contributed by atoms with van der Waals surface area (Å²) in [4.78, 5) is 59.5. The number of hydrogen-bond acceptors (Lipinski definition) is 10. The number of H-pyrrole nitrogens is 2. The number of ether oxygens (including phenoxy) is 4. The molecular weight excluding hydrogens is 827 g/mol. The lowest BCUT2D eigenvalue weighted by atomic mass is 9.92. The van der Waals surface area contributed by atoms with Crippen LogP contribution in [0.1, 0.15) is 90.1 Å². The van der Waals surface area contributed by atoms with E-state index >= 15 is 0 Å². The van der Waals surface area contributed by atoms with Gasteiger partial charge in [-0.3, -0.25) is 9.69 Å². The Hall–Kier alpha value is -5.81. The predicted octanol–water partition coefficient (Wildman–Crippen LogP) is 8.47. The summed E-state index contributed by atoms with van der Waals surface area (Å²) < 4.78 is 47.1. The highest BCUT2D eigenvalue weighted by molar-refractivity contribution is 6.07. The highest BCUT2D eigenvalue weighted by Gasteiger charge is 2.43. The van der Waals surface area contributed by atoms with Gasteiger partial charge in [0.15, 0.2) is 0 Å². The monoisotopic (exact) mass is 884 g/mol. The fourth-order valence-electron chi connectivity index (χ4n) is 10.1. The molecule has 5 aromatic rings. The molecule has 0 saturated carbocycles. The molecule has 3 aromatic carbocycles. The molecule has 0 aliphatic carbocycles. The molecule has 64 heavy (non-hydrogen) atoms. The number of methoxy groups -OCH3 is 2. The topological polar surface area (TPSA) is 176 Å². The lowest BCUT2D eigenvalue weighted by molar-refractivity contribution is -0.139. The number of hydrogen-bond donors (Lipinski definition) is 4. The van der Waals surface area contributed by atoms with Crippen LogP contribution in [0.3, 0.4) is 0 Å². The van der Waals surface area contributed by atoms with Crippen molar-refractivity contribution in [3.8, 4) is 28.1 Å². The molecule has 3 aliphatic rings. The fourth-order valence-corrected chi connectivity index (χ4v) is 10.1. The molecule has 342 valence electrons. The van der Waals surface area contributed by atoms with Crippen molar-refractivity contribution in [1.82, 2.24) is 40.4 Å². The van der Waals surface area contributed by atoms with Crippen LogP contribution in [0.4, 0.5) is 18.4 Å². The molecule has 2 aromatic heterocycles. The number of aromatic amines is 2. The normalized spacial score (nSPS) is 21.2. The van der Waals surface area contributed by atoms with Gasteiger partial charge < -0.3 is 44.4 Å². The predicted molar refractivity (Wildman–Crippen MR) is 237 cm³/mol. The zero-order valence-corrected chi connectivity index (χ0v) is 37.5. The van der Waals surface area contributed by atoms with Crippen LogP contribution in [0, 0.1) is 17.8 Å².